The minimum atomic E-state index is -4.31. The molecule has 0 bridgehead atoms. The van der Waals surface area contributed by atoms with Crippen LogP contribution in [0.2, 0.25) is 0 Å². The summed E-state index contributed by atoms with van der Waals surface area (Å²) >= 11 is 0. The Hall–Kier alpha value is -2.60. The number of alkyl halides is 6. The van der Waals surface area contributed by atoms with Crippen molar-refractivity contribution in [3.8, 4) is 0 Å². The Morgan fingerprint density at radius 1 is 0.811 bits per heavy atom. The molecular weight excluding hydrogens is 578 g/mol. The first-order valence-corrected chi connectivity index (χ1v) is 14.1. The van der Waals surface area contributed by atoms with Crippen LogP contribution < -0.4 is 0 Å². The van der Waals surface area contributed by atoms with Crippen LogP contribution in [0.3, 0.4) is 0 Å². The summed E-state index contributed by atoms with van der Waals surface area (Å²) in [7, 11) is -2.88. The Bertz CT molecular complexity index is 1420. The van der Waals surface area contributed by atoms with E-state index in [2.05, 4.69) is 15.3 Å². The van der Waals surface area contributed by atoms with Crippen LogP contribution in [0.4, 0.5) is 26.3 Å². The van der Waals surface area contributed by atoms with Gasteiger partial charge < -0.3 is 0 Å². The van der Waals surface area contributed by atoms with Gasteiger partial charge in [0.2, 0.25) is 0 Å². The van der Waals surface area contributed by atoms with E-state index < -0.39 is 57.4 Å². The van der Waals surface area contributed by atoms with Crippen molar-refractivity contribution >= 4 is 29.8 Å². The van der Waals surface area contributed by atoms with Gasteiger partial charge in [0.15, 0.2) is 0 Å². The first-order chi connectivity index (χ1) is 16.9. The highest BCUT2D eigenvalue weighted by atomic mass is 35.7. The Balaban J connectivity index is 0.000000222. The number of halogens is 7. The summed E-state index contributed by atoms with van der Waals surface area (Å²) in [6.07, 6.45) is -2.82. The normalized spacial score (nSPS) is 14.4. The lowest BCUT2D eigenvalue weighted by Crippen LogP contribution is -2.14. The number of aromatic nitrogens is 6. The Labute approximate surface area is 211 Å². The van der Waals surface area contributed by atoms with E-state index >= 15 is 0 Å². The Kier molecular flexibility index (Phi) is 8.33. The quantitative estimate of drug-likeness (QED) is 0.302. The first-order valence-electron chi connectivity index (χ1n) is 10.4. The average Bonchev–Trinajstić information content (AvgIpc) is 3.53. The molecule has 206 valence electrons. The van der Waals surface area contributed by atoms with Gasteiger partial charge in [-0.1, -0.05) is 0 Å². The molecule has 0 amide bonds. The molecule has 37 heavy (non-hydrogen) atoms. The minimum Gasteiger partial charge on any atom is -0.271 e. The van der Waals surface area contributed by atoms with E-state index in [-0.39, 0.29) is 9.79 Å². The Morgan fingerprint density at radius 2 is 1.32 bits per heavy atom. The molecule has 0 atom stereocenters. The number of fused-ring (bicyclic) bond motifs is 1. The number of aryl methyl sites for hydroxylation is 4. The lowest BCUT2D eigenvalue weighted by Gasteiger charge is -2.05. The SMILES string of the molecule is O=S(=O)(Cl)c1cnn(CCC(F)(F)F)c1.O=S(=O)(c1cnn(CCC(F)(F)F)c1)n1cc2c(n1)CCC2. The molecule has 0 unspecified atom stereocenters. The fourth-order valence-electron chi connectivity index (χ4n) is 3.19. The van der Waals surface area contributed by atoms with Crippen molar-refractivity contribution in [1.29, 1.82) is 0 Å². The van der Waals surface area contributed by atoms with Crippen molar-refractivity contribution in [2.75, 3.05) is 0 Å². The Morgan fingerprint density at radius 3 is 1.78 bits per heavy atom. The van der Waals surface area contributed by atoms with Crippen molar-refractivity contribution in [2.24, 2.45) is 0 Å². The van der Waals surface area contributed by atoms with E-state index in [0.29, 0.717) is 0 Å². The van der Waals surface area contributed by atoms with Crippen molar-refractivity contribution in [3.63, 3.8) is 0 Å². The summed E-state index contributed by atoms with van der Waals surface area (Å²) < 4.78 is 121. The van der Waals surface area contributed by atoms with Crippen LogP contribution in [0.25, 0.3) is 0 Å². The fraction of sp³-hybridized carbons (Fsp3) is 0.500. The molecule has 0 aromatic carbocycles. The average molecular weight is 597 g/mol. The predicted molar refractivity (Wildman–Crippen MR) is 116 cm³/mol. The van der Waals surface area contributed by atoms with Gasteiger partial charge in [-0.2, -0.15) is 54.1 Å². The van der Waals surface area contributed by atoms with E-state index in [1.54, 1.807) is 0 Å². The maximum absolute atomic E-state index is 12.4. The molecule has 3 aromatic heterocycles. The molecule has 19 heteroatoms. The van der Waals surface area contributed by atoms with Crippen LogP contribution in [-0.2, 0) is 45.0 Å². The summed E-state index contributed by atoms with van der Waals surface area (Å²) in [6.45, 7) is -0.857. The topological polar surface area (TPSA) is 122 Å². The zero-order chi connectivity index (χ0) is 27.6. The van der Waals surface area contributed by atoms with E-state index in [1.807, 2.05) is 0 Å². The van der Waals surface area contributed by atoms with E-state index in [9.17, 15) is 43.2 Å². The summed E-state index contributed by atoms with van der Waals surface area (Å²) in [5.74, 6) is 0. The minimum absolute atomic E-state index is 0.171. The predicted octanol–water partition coefficient (Wildman–Crippen LogP) is 3.52. The monoisotopic (exact) mass is 596 g/mol. The second-order valence-corrected chi connectivity index (χ2v) is 12.2. The van der Waals surface area contributed by atoms with Crippen LogP contribution in [0.15, 0.2) is 40.8 Å². The zero-order valence-corrected chi connectivity index (χ0v) is 21.0. The molecule has 0 radical (unpaired) electrons. The molecule has 1 aliphatic carbocycles. The van der Waals surface area contributed by atoms with Crippen LogP contribution in [0.5, 0.6) is 0 Å². The summed E-state index contributed by atoms with van der Waals surface area (Å²) in [5.41, 5.74) is 1.65. The summed E-state index contributed by atoms with van der Waals surface area (Å²) in [4.78, 5) is -0.484. The van der Waals surface area contributed by atoms with E-state index in [1.165, 1.54) is 6.20 Å². The largest absolute Gasteiger partial charge is 0.390 e. The number of nitrogens with zero attached hydrogens (tertiary/aromatic N) is 6. The van der Waals surface area contributed by atoms with Crippen molar-refractivity contribution in [3.05, 3.63) is 42.2 Å². The lowest BCUT2D eigenvalue weighted by molar-refractivity contribution is -0.138. The summed E-state index contributed by atoms with van der Waals surface area (Å²) in [5, 5.41) is 11.2. The molecule has 0 aliphatic heterocycles. The first kappa shape index (κ1) is 29.0. The molecule has 3 heterocycles. The molecule has 0 saturated carbocycles. The van der Waals surface area contributed by atoms with Gasteiger partial charge in [0.1, 0.15) is 9.79 Å². The molecule has 0 fully saturated rings. The van der Waals surface area contributed by atoms with Gasteiger partial charge in [0, 0.05) is 42.4 Å². The highest BCUT2D eigenvalue weighted by Gasteiger charge is 2.29. The van der Waals surface area contributed by atoms with Crippen molar-refractivity contribution < 1.29 is 43.2 Å². The zero-order valence-electron chi connectivity index (χ0n) is 18.6. The van der Waals surface area contributed by atoms with Gasteiger partial charge in [-0.25, -0.2) is 8.42 Å². The van der Waals surface area contributed by atoms with Gasteiger partial charge in [-0.3, -0.25) is 9.36 Å². The van der Waals surface area contributed by atoms with Gasteiger partial charge in [0.05, 0.1) is 30.9 Å². The number of hydrogen-bond acceptors (Lipinski definition) is 7. The third-order valence-electron chi connectivity index (χ3n) is 5.01. The van der Waals surface area contributed by atoms with Gasteiger partial charge >= 0.3 is 12.4 Å². The number of hydrogen-bond donors (Lipinski definition) is 0. The molecular formula is C18H19ClF6N6O4S2. The van der Waals surface area contributed by atoms with Gasteiger partial charge in [0.25, 0.3) is 19.1 Å². The van der Waals surface area contributed by atoms with Crippen molar-refractivity contribution in [1.82, 2.24) is 28.7 Å². The maximum Gasteiger partial charge on any atom is 0.390 e. The second kappa shape index (κ2) is 10.6. The van der Waals surface area contributed by atoms with Crippen LogP contribution >= 0.6 is 10.7 Å². The van der Waals surface area contributed by atoms with E-state index in [0.717, 1.165) is 68.8 Å². The third-order valence-corrected chi connectivity index (χ3v) is 7.80. The van der Waals surface area contributed by atoms with Gasteiger partial charge in [-0.05, 0) is 24.8 Å². The molecule has 0 N–H and O–H groups in total. The van der Waals surface area contributed by atoms with Crippen LogP contribution in [0.1, 0.15) is 30.5 Å². The molecule has 10 nitrogen and oxygen atoms in total. The molecule has 0 saturated heterocycles. The third kappa shape index (κ3) is 8.19. The van der Waals surface area contributed by atoms with Crippen LogP contribution in [0, 0.1) is 0 Å². The molecule has 4 rings (SSSR count). The maximum atomic E-state index is 12.4. The highest BCUT2D eigenvalue weighted by Crippen LogP contribution is 2.24. The smallest absolute Gasteiger partial charge is 0.271 e. The molecule has 1 aliphatic rings. The van der Waals surface area contributed by atoms with Crippen LogP contribution in [-0.4, -0.2) is 57.9 Å². The van der Waals surface area contributed by atoms with Crippen molar-refractivity contribution in [2.45, 2.75) is 67.3 Å². The van der Waals surface area contributed by atoms with Gasteiger partial charge in [-0.15, -0.1) is 0 Å². The molecule has 0 spiro atoms. The fourth-order valence-corrected chi connectivity index (χ4v) is 4.98. The molecule has 3 aromatic rings. The summed E-state index contributed by atoms with van der Waals surface area (Å²) in [6, 6.07) is 0. The second-order valence-electron chi connectivity index (χ2n) is 7.88. The lowest BCUT2D eigenvalue weighted by atomic mass is 10.3. The van der Waals surface area contributed by atoms with E-state index in [4.69, 9.17) is 10.7 Å². The highest BCUT2D eigenvalue weighted by molar-refractivity contribution is 8.13. The standard InChI is InChI=1S/C12H13F3N4O2S.C6H6ClF3N2O2S/c13-12(14,15)4-5-18-8-10(6-16-18)22(20,21)19-7-9-2-1-3-11(9)17-19;7-15(13,14)5-3-11-12(4-5)2-1-6(8,9)10/h6-8H,1-5H2;3-4H,1-2H2. The number of rotatable bonds is 7.